The maximum atomic E-state index is 9.71. The van der Waals surface area contributed by atoms with Crippen molar-refractivity contribution in [2.24, 2.45) is 0 Å². The molecule has 2 atom stereocenters. The molecule has 0 aromatic carbocycles. The molecule has 0 spiro atoms. The number of methoxy groups -OCH3 is 1. The number of nitrogens with zero attached hydrogens (tertiary/aromatic N) is 1. The summed E-state index contributed by atoms with van der Waals surface area (Å²) >= 11 is 1.65. The van der Waals surface area contributed by atoms with Gasteiger partial charge in [0.2, 0.25) is 0 Å². The molecular formula is C13H24N2O3S. The summed E-state index contributed by atoms with van der Waals surface area (Å²) in [5.74, 6) is 0. The van der Waals surface area contributed by atoms with Crippen molar-refractivity contribution in [2.75, 3.05) is 33.4 Å². The van der Waals surface area contributed by atoms with Gasteiger partial charge in [-0.15, -0.1) is 11.3 Å². The highest BCUT2D eigenvalue weighted by Gasteiger charge is 2.06. The Balaban J connectivity index is 2.01. The summed E-state index contributed by atoms with van der Waals surface area (Å²) in [6, 6.07) is 0. The summed E-state index contributed by atoms with van der Waals surface area (Å²) in [6.45, 7) is 6.20. The van der Waals surface area contributed by atoms with E-state index in [2.05, 4.69) is 10.3 Å². The van der Waals surface area contributed by atoms with E-state index >= 15 is 0 Å². The molecule has 1 aromatic rings. The lowest BCUT2D eigenvalue weighted by atomic mass is 10.3. The van der Waals surface area contributed by atoms with Crippen LogP contribution in [0.2, 0.25) is 0 Å². The van der Waals surface area contributed by atoms with Crippen molar-refractivity contribution in [3.8, 4) is 0 Å². The van der Waals surface area contributed by atoms with Gasteiger partial charge in [-0.05, 0) is 13.8 Å². The zero-order valence-electron chi connectivity index (χ0n) is 11.9. The number of aryl methyl sites for hydroxylation is 1. The highest BCUT2D eigenvalue weighted by molar-refractivity contribution is 7.09. The van der Waals surface area contributed by atoms with E-state index in [0.29, 0.717) is 19.8 Å². The molecule has 0 aliphatic rings. The zero-order valence-corrected chi connectivity index (χ0v) is 12.7. The highest BCUT2D eigenvalue weighted by atomic mass is 32.1. The summed E-state index contributed by atoms with van der Waals surface area (Å²) in [7, 11) is 1.67. The van der Waals surface area contributed by atoms with Crippen molar-refractivity contribution >= 4 is 11.3 Å². The average Bonchev–Trinajstić information content (AvgIpc) is 2.80. The Morgan fingerprint density at radius 2 is 2.26 bits per heavy atom. The second-order valence-electron chi connectivity index (χ2n) is 4.54. The van der Waals surface area contributed by atoms with E-state index in [1.807, 2.05) is 19.4 Å². The maximum Gasteiger partial charge on any atom is 0.0897 e. The molecule has 0 radical (unpaired) electrons. The van der Waals surface area contributed by atoms with Gasteiger partial charge in [0.15, 0.2) is 0 Å². The third-order valence-corrected chi connectivity index (χ3v) is 3.84. The van der Waals surface area contributed by atoms with Gasteiger partial charge in [-0.25, -0.2) is 4.98 Å². The Morgan fingerprint density at radius 1 is 1.47 bits per heavy atom. The van der Waals surface area contributed by atoms with Crippen molar-refractivity contribution in [3.05, 3.63) is 16.1 Å². The van der Waals surface area contributed by atoms with Crippen LogP contribution < -0.4 is 5.32 Å². The molecule has 0 aliphatic carbocycles. The first-order valence-electron chi connectivity index (χ1n) is 6.51. The number of hydrogen-bond donors (Lipinski definition) is 2. The molecule has 0 saturated carbocycles. The van der Waals surface area contributed by atoms with Crippen LogP contribution in [-0.4, -0.2) is 55.7 Å². The minimum absolute atomic E-state index is 0.155. The first-order valence-corrected chi connectivity index (χ1v) is 7.39. The first kappa shape index (κ1) is 16.5. The largest absolute Gasteiger partial charge is 0.389 e. The summed E-state index contributed by atoms with van der Waals surface area (Å²) in [6.07, 6.45) is 0.534. The van der Waals surface area contributed by atoms with Gasteiger partial charge < -0.3 is 19.9 Å². The van der Waals surface area contributed by atoms with Gasteiger partial charge >= 0.3 is 0 Å². The fourth-order valence-corrected chi connectivity index (χ4v) is 2.31. The molecule has 0 bridgehead atoms. The summed E-state index contributed by atoms with van der Waals surface area (Å²) in [4.78, 5) is 5.44. The molecule has 6 heteroatoms. The maximum absolute atomic E-state index is 9.71. The van der Waals surface area contributed by atoms with E-state index < -0.39 is 6.10 Å². The molecule has 1 rings (SSSR count). The highest BCUT2D eigenvalue weighted by Crippen LogP contribution is 2.12. The van der Waals surface area contributed by atoms with Crippen LogP contribution in [-0.2, 0) is 15.9 Å². The minimum atomic E-state index is -0.480. The molecule has 1 heterocycles. The Morgan fingerprint density at radius 3 is 2.89 bits per heavy atom. The van der Waals surface area contributed by atoms with Crippen molar-refractivity contribution in [1.82, 2.24) is 10.3 Å². The number of rotatable bonds is 10. The van der Waals surface area contributed by atoms with E-state index in [-0.39, 0.29) is 6.10 Å². The van der Waals surface area contributed by atoms with Crippen molar-refractivity contribution in [3.63, 3.8) is 0 Å². The first-order chi connectivity index (χ1) is 9.13. The van der Waals surface area contributed by atoms with Gasteiger partial charge in [-0.3, -0.25) is 0 Å². The number of hydrogen-bond acceptors (Lipinski definition) is 6. The fourth-order valence-electron chi connectivity index (χ4n) is 1.55. The van der Waals surface area contributed by atoms with Gasteiger partial charge in [0.25, 0.3) is 0 Å². The lowest BCUT2D eigenvalue weighted by molar-refractivity contribution is 0.0357. The second kappa shape index (κ2) is 9.39. The van der Waals surface area contributed by atoms with Crippen LogP contribution in [0.25, 0.3) is 0 Å². The Kier molecular flexibility index (Phi) is 8.16. The number of ether oxygens (including phenoxy) is 2. The average molecular weight is 288 g/mol. The van der Waals surface area contributed by atoms with E-state index in [0.717, 1.165) is 18.7 Å². The molecular weight excluding hydrogens is 264 g/mol. The van der Waals surface area contributed by atoms with E-state index in [9.17, 15) is 5.11 Å². The summed E-state index contributed by atoms with van der Waals surface area (Å²) < 4.78 is 10.6. The molecule has 110 valence electrons. The topological polar surface area (TPSA) is 63.6 Å². The third-order valence-electron chi connectivity index (χ3n) is 2.84. The van der Waals surface area contributed by atoms with Crippen molar-refractivity contribution < 1.29 is 14.6 Å². The molecule has 0 fully saturated rings. The molecule has 0 amide bonds. The summed E-state index contributed by atoms with van der Waals surface area (Å²) in [5.41, 5.74) is 2.92. The van der Waals surface area contributed by atoms with Crippen LogP contribution >= 0.6 is 11.3 Å². The van der Waals surface area contributed by atoms with Crippen LogP contribution in [0.3, 0.4) is 0 Å². The number of nitrogens with one attached hydrogen (secondary N) is 1. The molecule has 0 aliphatic heterocycles. The van der Waals surface area contributed by atoms with Crippen molar-refractivity contribution in [2.45, 2.75) is 32.5 Å². The van der Waals surface area contributed by atoms with Crippen LogP contribution in [0, 0.1) is 6.92 Å². The third kappa shape index (κ3) is 6.98. The van der Waals surface area contributed by atoms with Gasteiger partial charge in [-0.1, -0.05) is 0 Å². The molecule has 2 unspecified atom stereocenters. The smallest absolute Gasteiger partial charge is 0.0897 e. The number of thiazole rings is 1. The second-order valence-corrected chi connectivity index (χ2v) is 5.48. The lowest BCUT2D eigenvalue weighted by Crippen LogP contribution is -2.35. The molecule has 5 nitrogen and oxygen atoms in total. The molecule has 2 N–H and O–H groups in total. The van der Waals surface area contributed by atoms with E-state index in [4.69, 9.17) is 9.47 Å². The predicted octanol–water partition coefficient (Wildman–Crippen LogP) is 0.996. The van der Waals surface area contributed by atoms with Crippen LogP contribution in [0.1, 0.15) is 17.5 Å². The van der Waals surface area contributed by atoms with Gasteiger partial charge in [0, 0.05) is 31.5 Å². The van der Waals surface area contributed by atoms with Crippen LogP contribution in [0.15, 0.2) is 5.51 Å². The number of aliphatic hydroxyl groups is 1. The SMILES string of the molecule is COC(C)CNCC(O)COCCc1scnc1C. The Hall–Kier alpha value is -0.530. The zero-order chi connectivity index (χ0) is 14.1. The lowest BCUT2D eigenvalue weighted by Gasteiger charge is -2.14. The van der Waals surface area contributed by atoms with Gasteiger partial charge in [0.1, 0.15) is 0 Å². The Bertz CT molecular complexity index is 346. The monoisotopic (exact) mass is 288 g/mol. The molecule has 19 heavy (non-hydrogen) atoms. The summed E-state index contributed by atoms with van der Waals surface area (Å²) in [5, 5.41) is 12.8. The molecule has 0 saturated heterocycles. The standard InChI is InChI=1S/C13H24N2O3S/c1-10(17-3)6-14-7-12(16)8-18-5-4-13-11(2)15-9-19-13/h9-10,12,14,16H,4-8H2,1-3H3. The van der Waals surface area contributed by atoms with Crippen molar-refractivity contribution in [1.29, 1.82) is 0 Å². The Labute approximate surface area is 119 Å². The van der Waals surface area contributed by atoms with Gasteiger partial charge in [0.05, 0.1) is 36.6 Å². The van der Waals surface area contributed by atoms with Crippen LogP contribution in [0.4, 0.5) is 0 Å². The van der Waals surface area contributed by atoms with E-state index in [1.54, 1.807) is 18.4 Å². The van der Waals surface area contributed by atoms with Crippen LogP contribution in [0.5, 0.6) is 0 Å². The number of aromatic nitrogens is 1. The number of aliphatic hydroxyl groups excluding tert-OH is 1. The predicted molar refractivity (Wildman–Crippen MR) is 76.7 cm³/mol. The quantitative estimate of drug-likeness (QED) is 0.629. The van der Waals surface area contributed by atoms with E-state index in [1.165, 1.54) is 4.88 Å². The molecule has 1 aromatic heterocycles. The minimum Gasteiger partial charge on any atom is -0.389 e. The normalized spacial score (nSPS) is 14.5. The van der Waals surface area contributed by atoms with Gasteiger partial charge in [-0.2, -0.15) is 0 Å². The fraction of sp³-hybridized carbons (Fsp3) is 0.769.